The predicted octanol–water partition coefficient (Wildman–Crippen LogP) is 2.69. The zero-order chi connectivity index (χ0) is 18.1. The van der Waals surface area contributed by atoms with Crippen molar-refractivity contribution >= 4 is 29.3 Å². The summed E-state index contributed by atoms with van der Waals surface area (Å²) in [5.41, 5.74) is 1.99. The molecule has 1 aliphatic heterocycles. The molecule has 0 bridgehead atoms. The van der Waals surface area contributed by atoms with E-state index in [0.29, 0.717) is 43.4 Å². The molecule has 1 heterocycles. The van der Waals surface area contributed by atoms with Gasteiger partial charge in [-0.25, -0.2) is 0 Å². The first-order chi connectivity index (χ1) is 12.1. The first-order valence-corrected chi connectivity index (χ1v) is 9.39. The lowest BCUT2D eigenvalue weighted by Gasteiger charge is -2.15. The van der Waals surface area contributed by atoms with Gasteiger partial charge in [0, 0.05) is 42.2 Å². The molecule has 7 heteroatoms. The number of ether oxygens (including phenoxy) is 2. The van der Waals surface area contributed by atoms with E-state index in [1.807, 2.05) is 19.9 Å². The van der Waals surface area contributed by atoms with Crippen molar-refractivity contribution in [1.82, 2.24) is 5.32 Å². The molecule has 0 radical (unpaired) electrons. The quantitative estimate of drug-likeness (QED) is 0.694. The van der Waals surface area contributed by atoms with Gasteiger partial charge >= 0.3 is 0 Å². The van der Waals surface area contributed by atoms with Gasteiger partial charge in [0.1, 0.15) is 0 Å². The lowest BCUT2D eigenvalue weighted by atomic mass is 10.1. The van der Waals surface area contributed by atoms with E-state index in [9.17, 15) is 9.59 Å². The smallest absolute Gasteiger partial charge is 0.291 e. The van der Waals surface area contributed by atoms with Crippen LogP contribution in [0.4, 0.5) is 5.69 Å². The second kappa shape index (κ2) is 10.1. The average Bonchev–Trinajstić information content (AvgIpc) is 2.64. The average molecular weight is 364 g/mol. The third kappa shape index (κ3) is 6.10. The Hall–Kier alpha value is -1.99. The maximum Gasteiger partial charge on any atom is 0.291 e. The summed E-state index contributed by atoms with van der Waals surface area (Å²) in [7, 11) is 0. The SMILES string of the molecule is CCOCCCNC(=O)c1ccc(C)c(NC(=O)C2=CSCCO2)c1. The number of carbonyl (C=O) groups is 2. The number of anilines is 1. The first-order valence-electron chi connectivity index (χ1n) is 8.34. The van der Waals surface area contributed by atoms with Gasteiger partial charge in [0.25, 0.3) is 11.8 Å². The number of nitrogens with one attached hydrogen (secondary N) is 2. The van der Waals surface area contributed by atoms with Crippen LogP contribution in [0.5, 0.6) is 0 Å². The van der Waals surface area contributed by atoms with Crippen molar-refractivity contribution in [3.63, 3.8) is 0 Å². The summed E-state index contributed by atoms with van der Waals surface area (Å²) in [5.74, 6) is 0.677. The van der Waals surface area contributed by atoms with Gasteiger partial charge in [-0.2, -0.15) is 0 Å². The highest BCUT2D eigenvalue weighted by Gasteiger charge is 2.16. The number of thioether (sulfide) groups is 1. The van der Waals surface area contributed by atoms with Gasteiger partial charge in [0.2, 0.25) is 0 Å². The van der Waals surface area contributed by atoms with Gasteiger partial charge in [-0.15, -0.1) is 11.8 Å². The molecule has 0 aromatic heterocycles. The second-order valence-electron chi connectivity index (χ2n) is 5.49. The first kappa shape index (κ1) is 19.3. The van der Waals surface area contributed by atoms with Crippen LogP contribution in [-0.4, -0.2) is 43.9 Å². The largest absolute Gasteiger partial charge is 0.487 e. The Morgan fingerprint density at radius 2 is 2.16 bits per heavy atom. The number of hydrogen-bond donors (Lipinski definition) is 2. The normalized spacial score (nSPS) is 13.6. The Kier molecular flexibility index (Phi) is 7.81. The summed E-state index contributed by atoms with van der Waals surface area (Å²) < 4.78 is 10.6. The summed E-state index contributed by atoms with van der Waals surface area (Å²) >= 11 is 1.55. The Morgan fingerprint density at radius 1 is 1.32 bits per heavy atom. The molecule has 0 fully saturated rings. The lowest BCUT2D eigenvalue weighted by molar-refractivity contribution is -0.116. The highest BCUT2D eigenvalue weighted by molar-refractivity contribution is 8.02. The van der Waals surface area contributed by atoms with Crippen LogP contribution < -0.4 is 10.6 Å². The molecule has 2 rings (SSSR count). The zero-order valence-electron chi connectivity index (χ0n) is 14.6. The number of aryl methyl sites for hydroxylation is 1. The fraction of sp³-hybridized carbons (Fsp3) is 0.444. The topological polar surface area (TPSA) is 76.7 Å². The molecular weight excluding hydrogens is 340 g/mol. The highest BCUT2D eigenvalue weighted by Crippen LogP contribution is 2.20. The Labute approximate surface area is 152 Å². The maximum absolute atomic E-state index is 12.2. The molecular formula is C18H24N2O4S. The van der Waals surface area contributed by atoms with Crippen LogP contribution in [0.25, 0.3) is 0 Å². The van der Waals surface area contributed by atoms with Crippen LogP contribution in [0.2, 0.25) is 0 Å². The summed E-state index contributed by atoms with van der Waals surface area (Å²) in [5, 5.41) is 7.38. The van der Waals surface area contributed by atoms with Crippen LogP contribution in [-0.2, 0) is 14.3 Å². The number of amides is 2. The van der Waals surface area contributed by atoms with Crippen LogP contribution >= 0.6 is 11.8 Å². The third-order valence-electron chi connectivity index (χ3n) is 3.58. The summed E-state index contributed by atoms with van der Waals surface area (Å²) in [6.45, 7) is 6.18. The van der Waals surface area contributed by atoms with Crippen LogP contribution in [0.1, 0.15) is 29.3 Å². The lowest BCUT2D eigenvalue weighted by Crippen LogP contribution is -2.25. The molecule has 1 aliphatic rings. The second-order valence-corrected chi connectivity index (χ2v) is 6.47. The molecule has 0 saturated heterocycles. The van der Waals surface area contributed by atoms with Crippen molar-refractivity contribution in [2.75, 3.05) is 37.4 Å². The van der Waals surface area contributed by atoms with Crippen molar-refractivity contribution < 1.29 is 19.1 Å². The van der Waals surface area contributed by atoms with E-state index in [-0.39, 0.29) is 11.8 Å². The molecule has 25 heavy (non-hydrogen) atoms. The molecule has 2 amide bonds. The van der Waals surface area contributed by atoms with Crippen molar-refractivity contribution in [3.05, 3.63) is 40.5 Å². The highest BCUT2D eigenvalue weighted by atomic mass is 32.2. The van der Waals surface area contributed by atoms with Gasteiger partial charge in [0.15, 0.2) is 5.76 Å². The minimum atomic E-state index is -0.301. The third-order valence-corrected chi connectivity index (χ3v) is 4.36. The van der Waals surface area contributed by atoms with Crippen molar-refractivity contribution in [2.24, 2.45) is 0 Å². The molecule has 1 aromatic rings. The molecule has 2 N–H and O–H groups in total. The van der Waals surface area contributed by atoms with Crippen LogP contribution in [0.3, 0.4) is 0 Å². The molecule has 0 spiro atoms. The molecule has 136 valence electrons. The van der Waals surface area contributed by atoms with Crippen LogP contribution in [0, 0.1) is 6.92 Å². The standard InChI is InChI=1S/C18H24N2O4S/c1-3-23-8-4-7-19-17(21)14-6-5-13(2)15(11-14)20-18(22)16-12-25-10-9-24-16/h5-6,11-12H,3-4,7-10H2,1-2H3,(H,19,21)(H,20,22). The van der Waals surface area contributed by atoms with Crippen LogP contribution in [0.15, 0.2) is 29.4 Å². The number of rotatable bonds is 8. The van der Waals surface area contributed by atoms with E-state index in [1.54, 1.807) is 29.3 Å². The van der Waals surface area contributed by atoms with Gasteiger partial charge < -0.3 is 20.1 Å². The maximum atomic E-state index is 12.2. The summed E-state index contributed by atoms with van der Waals surface area (Å²) in [6, 6.07) is 5.24. The molecule has 0 saturated carbocycles. The minimum Gasteiger partial charge on any atom is -0.487 e. The van der Waals surface area contributed by atoms with E-state index in [0.717, 1.165) is 17.7 Å². The molecule has 1 aromatic carbocycles. The summed E-state index contributed by atoms with van der Waals surface area (Å²) in [6.07, 6.45) is 0.762. The predicted molar refractivity (Wildman–Crippen MR) is 99.7 cm³/mol. The van der Waals surface area contributed by atoms with Gasteiger partial charge in [-0.05, 0) is 38.0 Å². The Morgan fingerprint density at radius 3 is 2.88 bits per heavy atom. The Bertz CT molecular complexity index is 646. The number of hydrogen-bond acceptors (Lipinski definition) is 5. The zero-order valence-corrected chi connectivity index (χ0v) is 15.4. The van der Waals surface area contributed by atoms with E-state index < -0.39 is 0 Å². The van der Waals surface area contributed by atoms with E-state index >= 15 is 0 Å². The van der Waals surface area contributed by atoms with Crippen molar-refractivity contribution in [2.45, 2.75) is 20.3 Å². The van der Waals surface area contributed by atoms with Crippen molar-refractivity contribution in [3.8, 4) is 0 Å². The number of carbonyl (C=O) groups excluding carboxylic acids is 2. The minimum absolute atomic E-state index is 0.171. The number of benzene rings is 1. The molecule has 0 atom stereocenters. The molecule has 6 nitrogen and oxygen atoms in total. The van der Waals surface area contributed by atoms with E-state index in [4.69, 9.17) is 9.47 Å². The fourth-order valence-electron chi connectivity index (χ4n) is 2.19. The van der Waals surface area contributed by atoms with E-state index in [2.05, 4.69) is 10.6 Å². The Balaban J connectivity index is 1.95. The fourth-order valence-corrected chi connectivity index (χ4v) is 2.82. The van der Waals surface area contributed by atoms with Gasteiger partial charge in [0.05, 0.1) is 6.61 Å². The monoisotopic (exact) mass is 364 g/mol. The summed E-state index contributed by atoms with van der Waals surface area (Å²) in [4.78, 5) is 24.5. The molecule has 0 unspecified atom stereocenters. The van der Waals surface area contributed by atoms with Crippen molar-refractivity contribution in [1.29, 1.82) is 0 Å². The van der Waals surface area contributed by atoms with E-state index in [1.165, 1.54) is 0 Å². The van der Waals surface area contributed by atoms with Gasteiger partial charge in [-0.1, -0.05) is 6.07 Å². The molecule has 0 aliphatic carbocycles. The van der Waals surface area contributed by atoms with Gasteiger partial charge in [-0.3, -0.25) is 9.59 Å².